The Labute approximate surface area is 99.8 Å². The Hall–Kier alpha value is -0.310. The van der Waals surface area contributed by atoms with E-state index in [1.54, 1.807) is 22.6 Å². The number of nitrogens with zero attached hydrogens (tertiary/aromatic N) is 1. The minimum atomic E-state index is -2.79. The van der Waals surface area contributed by atoms with E-state index in [4.69, 9.17) is 5.11 Å². The first-order valence-electron chi connectivity index (χ1n) is 3.31. The number of pyridine rings is 1. The fourth-order valence-electron chi connectivity index (χ4n) is 0.784. The third-order valence-corrected chi connectivity index (χ3v) is 2.82. The van der Waals surface area contributed by atoms with Crippen LogP contribution in [-0.4, -0.2) is 16.1 Å². The first kappa shape index (κ1) is 11.8. The van der Waals surface area contributed by atoms with Crippen molar-refractivity contribution in [1.29, 1.82) is 0 Å². The number of alkyl halides is 2. The summed E-state index contributed by atoms with van der Waals surface area (Å²) in [7, 11) is 0. The van der Waals surface area contributed by atoms with Crippen LogP contribution >= 0.6 is 38.5 Å². The molecule has 14 heavy (non-hydrogen) atoms. The molecule has 1 N–H and O–H groups in total. The minimum Gasteiger partial charge on any atom is -0.476 e. The molecule has 0 aliphatic heterocycles. The highest BCUT2D eigenvalue weighted by atomic mass is 127. The van der Waals surface area contributed by atoms with E-state index in [2.05, 4.69) is 20.9 Å². The number of aromatic carboxylic acids is 1. The smallest absolute Gasteiger partial charge is 0.355 e. The average Bonchev–Trinajstić information content (AvgIpc) is 2.02. The first-order valence-corrected chi connectivity index (χ1v) is 5.18. The fraction of sp³-hybridized carbons (Fsp3) is 0.143. The van der Waals surface area contributed by atoms with Gasteiger partial charge in [0, 0.05) is 8.04 Å². The Morgan fingerprint density at radius 3 is 2.64 bits per heavy atom. The van der Waals surface area contributed by atoms with Gasteiger partial charge in [0.15, 0.2) is 5.69 Å². The van der Waals surface area contributed by atoms with Gasteiger partial charge in [0.05, 0.1) is 0 Å². The molecule has 0 saturated carbocycles. The van der Waals surface area contributed by atoms with Gasteiger partial charge in [-0.3, -0.25) is 0 Å². The zero-order valence-electron chi connectivity index (χ0n) is 6.47. The van der Waals surface area contributed by atoms with Crippen molar-refractivity contribution in [3.8, 4) is 0 Å². The lowest BCUT2D eigenvalue weighted by atomic mass is 10.3. The van der Waals surface area contributed by atoms with Gasteiger partial charge in [0.25, 0.3) is 6.43 Å². The molecule has 1 aromatic heterocycles. The lowest BCUT2D eigenvalue weighted by molar-refractivity contribution is 0.0687. The molecule has 7 heteroatoms. The van der Waals surface area contributed by atoms with Gasteiger partial charge in [-0.2, -0.15) is 0 Å². The first-order chi connectivity index (χ1) is 6.43. The number of hydrogen-bond acceptors (Lipinski definition) is 2. The van der Waals surface area contributed by atoms with Crippen molar-refractivity contribution in [1.82, 2.24) is 4.98 Å². The van der Waals surface area contributed by atoms with Crippen LogP contribution in [0.5, 0.6) is 0 Å². The van der Waals surface area contributed by atoms with Crippen LogP contribution in [-0.2, 0) is 0 Å². The second-order valence-corrected chi connectivity index (χ2v) is 4.31. The number of halogens is 4. The lowest BCUT2D eigenvalue weighted by Crippen LogP contribution is -2.07. The van der Waals surface area contributed by atoms with Gasteiger partial charge in [0.2, 0.25) is 0 Å². The van der Waals surface area contributed by atoms with Crippen LogP contribution in [0.3, 0.4) is 0 Å². The molecule has 0 atom stereocenters. The van der Waals surface area contributed by atoms with E-state index in [1.165, 1.54) is 6.07 Å². The molecule has 1 heterocycles. The summed E-state index contributed by atoms with van der Waals surface area (Å²) in [6.07, 6.45) is -2.79. The van der Waals surface area contributed by atoms with E-state index in [9.17, 15) is 13.6 Å². The number of rotatable bonds is 2. The van der Waals surface area contributed by atoms with E-state index in [1.807, 2.05) is 0 Å². The second-order valence-electron chi connectivity index (χ2n) is 2.29. The van der Waals surface area contributed by atoms with Crippen molar-refractivity contribution in [2.24, 2.45) is 0 Å². The third-order valence-electron chi connectivity index (χ3n) is 1.37. The number of carboxylic acids is 1. The monoisotopic (exact) mass is 377 g/mol. The molecule has 76 valence electrons. The molecular formula is C7H3BrF2INO2. The van der Waals surface area contributed by atoms with Crippen molar-refractivity contribution in [2.75, 3.05) is 0 Å². The highest BCUT2D eigenvalue weighted by Crippen LogP contribution is 2.28. The summed E-state index contributed by atoms with van der Waals surface area (Å²) in [4.78, 5) is 13.9. The van der Waals surface area contributed by atoms with Crippen LogP contribution in [0.1, 0.15) is 22.6 Å². The van der Waals surface area contributed by atoms with Gasteiger partial charge in [-0.1, -0.05) is 0 Å². The van der Waals surface area contributed by atoms with Gasteiger partial charge in [-0.15, -0.1) is 0 Å². The topological polar surface area (TPSA) is 50.2 Å². The van der Waals surface area contributed by atoms with Gasteiger partial charge in [-0.05, 0) is 44.6 Å². The molecule has 0 aliphatic rings. The Balaban J connectivity index is 3.34. The lowest BCUT2D eigenvalue weighted by Gasteiger charge is -2.05. The number of aromatic nitrogens is 1. The number of carbonyl (C=O) groups is 1. The maximum atomic E-state index is 12.3. The van der Waals surface area contributed by atoms with Crippen LogP contribution in [0.2, 0.25) is 0 Å². The molecule has 3 nitrogen and oxygen atoms in total. The van der Waals surface area contributed by atoms with E-state index < -0.39 is 18.1 Å². The number of carboxylic acid groups (broad SMARTS) is 1. The average molecular weight is 378 g/mol. The van der Waals surface area contributed by atoms with Crippen LogP contribution in [0, 0.1) is 3.57 Å². The molecule has 0 fully saturated rings. The molecule has 0 aliphatic carbocycles. The third kappa shape index (κ3) is 2.38. The molecule has 0 bridgehead atoms. The largest absolute Gasteiger partial charge is 0.476 e. The molecule has 0 spiro atoms. The van der Waals surface area contributed by atoms with Crippen molar-refractivity contribution in [3.05, 3.63) is 25.5 Å². The summed E-state index contributed by atoms with van der Waals surface area (Å²) >= 11 is 4.61. The minimum absolute atomic E-state index is 0.113. The Morgan fingerprint density at radius 2 is 2.21 bits per heavy atom. The predicted molar refractivity (Wildman–Crippen MR) is 56.6 cm³/mol. The van der Waals surface area contributed by atoms with Crippen molar-refractivity contribution in [2.45, 2.75) is 6.43 Å². The summed E-state index contributed by atoms with van der Waals surface area (Å²) in [5.74, 6) is -1.32. The highest BCUT2D eigenvalue weighted by Gasteiger charge is 2.19. The highest BCUT2D eigenvalue weighted by molar-refractivity contribution is 14.1. The van der Waals surface area contributed by atoms with Crippen LogP contribution in [0.25, 0.3) is 0 Å². The van der Waals surface area contributed by atoms with Crippen molar-refractivity contribution in [3.63, 3.8) is 0 Å². The van der Waals surface area contributed by atoms with Gasteiger partial charge in [-0.25, -0.2) is 18.6 Å². The SMILES string of the molecule is O=C(O)c1nc(C(F)F)c(Br)cc1I. The van der Waals surface area contributed by atoms with Gasteiger partial charge in [0.1, 0.15) is 5.69 Å². The Morgan fingerprint density at radius 1 is 1.64 bits per heavy atom. The van der Waals surface area contributed by atoms with Crippen LogP contribution in [0.15, 0.2) is 10.5 Å². The molecular weight excluding hydrogens is 375 g/mol. The van der Waals surface area contributed by atoms with E-state index in [0.717, 1.165) is 0 Å². The Bertz CT molecular complexity index is 386. The summed E-state index contributed by atoms with van der Waals surface area (Å²) in [6, 6.07) is 1.30. The second kappa shape index (κ2) is 4.47. The maximum absolute atomic E-state index is 12.3. The van der Waals surface area contributed by atoms with Gasteiger partial charge < -0.3 is 5.11 Å². The molecule has 1 rings (SSSR count). The summed E-state index contributed by atoms with van der Waals surface area (Å²) in [6.45, 7) is 0. The van der Waals surface area contributed by atoms with E-state index >= 15 is 0 Å². The Kier molecular flexibility index (Phi) is 3.76. The molecule has 0 aromatic carbocycles. The molecule has 1 aromatic rings. The molecule has 0 unspecified atom stereocenters. The van der Waals surface area contributed by atoms with Crippen LogP contribution < -0.4 is 0 Å². The fourth-order valence-corrected chi connectivity index (χ4v) is 2.37. The molecule has 0 saturated heterocycles. The standard InChI is InChI=1S/C7H3BrF2INO2/c8-2-1-3(11)5(7(13)14)12-4(2)6(9)10/h1,6H,(H,13,14). The van der Waals surface area contributed by atoms with E-state index in [0.29, 0.717) is 3.57 Å². The van der Waals surface area contributed by atoms with Crippen LogP contribution in [0.4, 0.5) is 8.78 Å². The van der Waals surface area contributed by atoms with E-state index in [-0.39, 0.29) is 10.2 Å². The summed E-state index contributed by atoms with van der Waals surface area (Å²) < 4.78 is 25.1. The zero-order valence-corrected chi connectivity index (χ0v) is 10.2. The molecule has 0 amide bonds. The number of hydrogen-bond donors (Lipinski definition) is 1. The maximum Gasteiger partial charge on any atom is 0.355 e. The quantitative estimate of drug-likeness (QED) is 0.806. The molecule has 0 radical (unpaired) electrons. The summed E-state index contributed by atoms with van der Waals surface area (Å²) in [5, 5.41) is 8.64. The van der Waals surface area contributed by atoms with Gasteiger partial charge >= 0.3 is 5.97 Å². The summed E-state index contributed by atoms with van der Waals surface area (Å²) in [5.41, 5.74) is -0.910. The predicted octanol–water partition coefficient (Wildman–Crippen LogP) is 3.08. The van der Waals surface area contributed by atoms with Crippen molar-refractivity contribution < 1.29 is 18.7 Å². The zero-order chi connectivity index (χ0) is 10.9. The van der Waals surface area contributed by atoms with Crippen molar-refractivity contribution >= 4 is 44.5 Å². The normalized spacial score (nSPS) is 10.6.